The molecular formula is C58H52N4O+2. The summed E-state index contributed by atoms with van der Waals surface area (Å²) in [7, 11) is 0. The topological polar surface area (TPSA) is 25.2 Å². The number of ether oxygens (including phenoxy) is 1. The van der Waals surface area contributed by atoms with Crippen LogP contribution in [0, 0.1) is 35.5 Å². The molecule has 20 rings (SSSR count). The van der Waals surface area contributed by atoms with Crippen LogP contribution < -0.4 is 18.8 Å². The molecule has 0 radical (unpaired) electrons. The fourth-order valence-corrected chi connectivity index (χ4v) is 19.1. The molecule has 13 aliphatic rings. The predicted octanol–water partition coefficient (Wildman–Crippen LogP) is 12.4. The van der Waals surface area contributed by atoms with Gasteiger partial charge in [0, 0.05) is 28.0 Å². The largest absolute Gasteiger partial charge is 0.456 e. The van der Waals surface area contributed by atoms with Gasteiger partial charge in [-0.3, -0.25) is 0 Å². The van der Waals surface area contributed by atoms with Crippen LogP contribution >= 0.6 is 0 Å². The maximum absolute atomic E-state index is 7.34. The molecular weight excluding hydrogens is 769 g/mol. The minimum atomic E-state index is -0.660. The number of benzene rings is 4. The first kappa shape index (κ1) is 33.1. The first-order valence-electron chi connectivity index (χ1n) is 24.9. The third-order valence-electron chi connectivity index (χ3n) is 20.3. The number of anilines is 3. The predicted molar refractivity (Wildman–Crippen MR) is 245 cm³/mol. The number of pyridine rings is 2. The van der Waals surface area contributed by atoms with Gasteiger partial charge in [0.25, 0.3) is 11.5 Å². The Kier molecular flexibility index (Phi) is 5.31. The molecule has 8 fully saturated rings. The number of para-hydroxylation sites is 2. The van der Waals surface area contributed by atoms with Crippen LogP contribution in [0.15, 0.2) is 97.1 Å². The quantitative estimate of drug-likeness (QED) is 0.162. The second kappa shape index (κ2) is 10.1. The molecule has 1 spiro atoms. The highest BCUT2D eigenvalue weighted by Gasteiger charge is 2.72. The first-order valence-corrected chi connectivity index (χ1v) is 24.9. The van der Waals surface area contributed by atoms with Crippen LogP contribution in [0.25, 0.3) is 39.0 Å². The molecule has 4 aromatic carbocycles. The molecule has 1 unspecified atom stereocenters. The van der Waals surface area contributed by atoms with Crippen LogP contribution in [-0.2, 0) is 21.9 Å². The Bertz CT molecular complexity index is 3330. The average molecular weight is 821 g/mol. The van der Waals surface area contributed by atoms with Gasteiger partial charge >= 0.3 is 5.66 Å². The van der Waals surface area contributed by atoms with Crippen molar-refractivity contribution in [2.75, 3.05) is 4.90 Å². The van der Waals surface area contributed by atoms with Gasteiger partial charge in [-0.1, -0.05) is 56.3 Å². The molecule has 308 valence electrons. The Morgan fingerprint density at radius 1 is 0.556 bits per heavy atom. The van der Waals surface area contributed by atoms with Crippen molar-refractivity contribution >= 4 is 39.1 Å². The minimum absolute atomic E-state index is 0.205. The molecule has 0 saturated heterocycles. The molecule has 5 heteroatoms. The Morgan fingerprint density at radius 3 is 1.94 bits per heavy atom. The zero-order valence-electron chi connectivity index (χ0n) is 36.4. The average Bonchev–Trinajstić information content (AvgIpc) is 3.76. The second-order valence-electron chi connectivity index (χ2n) is 23.8. The lowest BCUT2D eigenvalue weighted by molar-refractivity contribution is -0.925. The van der Waals surface area contributed by atoms with Crippen molar-refractivity contribution < 1.29 is 13.9 Å². The molecule has 1 atom stereocenters. The summed E-state index contributed by atoms with van der Waals surface area (Å²) >= 11 is 0. The molecule has 8 bridgehead atoms. The van der Waals surface area contributed by atoms with Crippen molar-refractivity contribution in [2.24, 2.45) is 35.5 Å². The number of aromatic nitrogens is 3. The summed E-state index contributed by atoms with van der Waals surface area (Å²) in [6.07, 6.45) is 16.9. The van der Waals surface area contributed by atoms with E-state index in [-0.39, 0.29) is 16.2 Å². The molecule has 5 nitrogen and oxygen atoms in total. The van der Waals surface area contributed by atoms with E-state index in [0.29, 0.717) is 0 Å². The Hall–Kier alpha value is -5.42. The SMILES string of the molecule is CC1(C)c2ccccc2N2c3c1ccc1c3C34c5c(cccc5-n5c6ccccc6c6c(C78CC9CC(CC(C9)C7)C8)cc([n+]3c65)-c3cc(C56CC7CC(CC(C7)C5)C6)cc2[n+]34)O1. The molecule has 5 aliphatic heterocycles. The number of rotatable bonds is 2. The summed E-state index contributed by atoms with van der Waals surface area (Å²) in [4.78, 5) is 2.73. The summed E-state index contributed by atoms with van der Waals surface area (Å²) in [5, 5.41) is 2.93. The summed E-state index contributed by atoms with van der Waals surface area (Å²) in [6, 6.07) is 38.9. The lowest BCUT2D eigenvalue weighted by atomic mass is 9.47. The summed E-state index contributed by atoms with van der Waals surface area (Å²) < 4.78 is 15.8. The highest BCUT2D eigenvalue weighted by Crippen LogP contribution is 2.68. The zero-order chi connectivity index (χ0) is 40.7. The standard InChI is InChI=1S/C58H52N4O/c1-55(2)39-9-4-6-11-43(39)60-49-23-37(56-25-31-16-32(26-56)18-33(17-31)27-56)22-45-46-24-41(57-28-34-19-35(29-57)21-36(20-34)30-57)50-38-8-3-5-10-42(38)59-44-12-7-13-47-51(44)58(61(45)49,62(46)54(50)59)52-48(63-47)15-14-40(55)53(52)60/h3-15,22-24,31-36H,16-21,25-30H2,1-2H3/q+2. The summed E-state index contributed by atoms with van der Waals surface area (Å²) in [6.45, 7) is 4.93. The number of hydrogen-bond donors (Lipinski definition) is 0. The van der Waals surface area contributed by atoms with Crippen LogP contribution in [0.5, 0.6) is 11.5 Å². The van der Waals surface area contributed by atoms with E-state index in [2.05, 4.69) is 130 Å². The van der Waals surface area contributed by atoms with Crippen LogP contribution in [0.1, 0.15) is 124 Å². The Labute approximate surface area is 368 Å². The molecule has 0 amide bonds. The van der Waals surface area contributed by atoms with Gasteiger partial charge in [-0.2, -0.15) is 18.6 Å². The van der Waals surface area contributed by atoms with Crippen molar-refractivity contribution in [3.8, 4) is 28.6 Å². The normalized spacial score (nSPS) is 34.5. The van der Waals surface area contributed by atoms with E-state index >= 15 is 0 Å². The van der Waals surface area contributed by atoms with Gasteiger partial charge in [0.2, 0.25) is 0 Å². The minimum Gasteiger partial charge on any atom is -0.456 e. The van der Waals surface area contributed by atoms with Gasteiger partial charge in [0.15, 0.2) is 17.1 Å². The lowest BCUT2D eigenvalue weighted by Gasteiger charge is -2.57. The van der Waals surface area contributed by atoms with E-state index < -0.39 is 5.66 Å². The van der Waals surface area contributed by atoms with Crippen molar-refractivity contribution in [1.82, 2.24) is 4.57 Å². The maximum Gasteiger partial charge on any atom is 0.323 e. The molecule has 7 aromatic rings. The summed E-state index contributed by atoms with van der Waals surface area (Å²) in [5.74, 6) is 8.53. The molecule has 8 saturated carbocycles. The lowest BCUT2D eigenvalue weighted by Crippen LogP contribution is -2.76. The van der Waals surface area contributed by atoms with Crippen LogP contribution in [-0.4, -0.2) is 4.57 Å². The van der Waals surface area contributed by atoms with Crippen molar-refractivity contribution in [3.05, 3.63) is 130 Å². The van der Waals surface area contributed by atoms with Gasteiger partial charge in [-0.05, 0) is 183 Å². The van der Waals surface area contributed by atoms with Crippen molar-refractivity contribution in [3.63, 3.8) is 0 Å². The molecule has 63 heavy (non-hydrogen) atoms. The van der Waals surface area contributed by atoms with E-state index in [1.165, 1.54) is 156 Å². The van der Waals surface area contributed by atoms with Crippen molar-refractivity contribution in [2.45, 2.75) is 113 Å². The van der Waals surface area contributed by atoms with Crippen molar-refractivity contribution in [1.29, 1.82) is 0 Å². The van der Waals surface area contributed by atoms with Gasteiger partial charge in [-0.25, -0.2) is 0 Å². The maximum atomic E-state index is 7.34. The number of hydrogen-bond acceptors (Lipinski definition) is 2. The molecule has 8 aliphatic carbocycles. The summed E-state index contributed by atoms with van der Waals surface area (Å²) in [5.41, 5.74) is 17.8. The second-order valence-corrected chi connectivity index (χ2v) is 23.8. The molecule has 3 aromatic heterocycles. The Balaban J connectivity index is 1.07. The molecule has 0 N–H and O–H groups in total. The van der Waals surface area contributed by atoms with Gasteiger partial charge < -0.3 is 4.74 Å². The van der Waals surface area contributed by atoms with Crippen LogP contribution in [0.3, 0.4) is 0 Å². The van der Waals surface area contributed by atoms with E-state index in [1.807, 2.05) is 0 Å². The van der Waals surface area contributed by atoms with E-state index in [9.17, 15) is 0 Å². The highest BCUT2D eigenvalue weighted by atomic mass is 16.5. The monoisotopic (exact) mass is 820 g/mol. The van der Waals surface area contributed by atoms with E-state index in [0.717, 1.165) is 47.0 Å². The zero-order valence-corrected chi connectivity index (χ0v) is 36.4. The fraction of sp³-hybridized carbons (Fsp3) is 0.414. The molecule has 8 heterocycles. The fourth-order valence-electron chi connectivity index (χ4n) is 19.1. The Morgan fingerprint density at radius 2 is 1.19 bits per heavy atom. The van der Waals surface area contributed by atoms with E-state index in [4.69, 9.17) is 4.74 Å². The van der Waals surface area contributed by atoms with Gasteiger partial charge in [0.05, 0.1) is 5.39 Å². The number of nitrogens with zero attached hydrogens (tertiary/aromatic N) is 4. The smallest absolute Gasteiger partial charge is 0.323 e. The first-order chi connectivity index (χ1) is 30.8. The van der Waals surface area contributed by atoms with Crippen LogP contribution in [0.2, 0.25) is 0 Å². The van der Waals surface area contributed by atoms with Gasteiger partial charge in [-0.15, -0.1) is 0 Å². The van der Waals surface area contributed by atoms with Crippen LogP contribution in [0.4, 0.5) is 17.2 Å². The van der Waals surface area contributed by atoms with E-state index in [1.54, 1.807) is 11.1 Å². The van der Waals surface area contributed by atoms with Gasteiger partial charge in [0.1, 0.15) is 39.5 Å². The highest BCUT2D eigenvalue weighted by molar-refractivity contribution is 6.10. The third kappa shape index (κ3) is 3.43. The third-order valence-corrected chi connectivity index (χ3v) is 20.3. The number of fused-ring (bicyclic) bond motifs is 8.